The molecule has 0 amide bonds. The Morgan fingerprint density at radius 1 is 1.00 bits per heavy atom. The predicted molar refractivity (Wildman–Crippen MR) is 89.3 cm³/mol. The van der Waals surface area contributed by atoms with Crippen molar-refractivity contribution in [2.45, 2.75) is 20.8 Å². The molecule has 0 atom stereocenters. The van der Waals surface area contributed by atoms with Crippen LogP contribution in [0.1, 0.15) is 16.3 Å². The molecule has 120 valence electrons. The predicted octanol–water partition coefficient (Wildman–Crippen LogP) is 1.23. The topological polar surface area (TPSA) is 75.3 Å². The molecule has 0 aromatic carbocycles. The van der Waals surface area contributed by atoms with Crippen molar-refractivity contribution in [3.8, 4) is 0 Å². The van der Waals surface area contributed by atoms with Crippen molar-refractivity contribution in [1.29, 1.82) is 0 Å². The molecular formula is C14H18N8S. The molecule has 1 saturated heterocycles. The maximum atomic E-state index is 4.49. The zero-order chi connectivity index (χ0) is 16.0. The van der Waals surface area contributed by atoms with Crippen LogP contribution in [0.5, 0.6) is 0 Å². The van der Waals surface area contributed by atoms with Crippen LogP contribution < -0.4 is 9.80 Å². The number of fused-ring (bicyclic) bond motifs is 1. The Bertz CT molecular complexity index is 846. The Hall–Kier alpha value is -2.29. The molecule has 3 aromatic rings. The highest BCUT2D eigenvalue weighted by atomic mass is 32.1. The highest BCUT2D eigenvalue weighted by molar-refractivity contribution is 7.15. The molecule has 4 rings (SSSR count). The fourth-order valence-electron chi connectivity index (χ4n) is 2.91. The fourth-order valence-corrected chi connectivity index (χ4v) is 3.65. The SMILES string of the molecule is Cc1nnc(N2CCN(c3c(C)c(C)nc4ncnn34)CC2)s1. The molecule has 0 bridgehead atoms. The number of hydrogen-bond donors (Lipinski definition) is 0. The average molecular weight is 330 g/mol. The van der Waals surface area contributed by atoms with Crippen molar-refractivity contribution in [3.63, 3.8) is 0 Å². The van der Waals surface area contributed by atoms with E-state index >= 15 is 0 Å². The van der Waals surface area contributed by atoms with Crippen LogP contribution in [0.25, 0.3) is 5.78 Å². The Kier molecular flexibility index (Phi) is 3.37. The third-order valence-electron chi connectivity index (χ3n) is 4.24. The van der Waals surface area contributed by atoms with Crippen molar-refractivity contribution in [3.05, 3.63) is 22.6 Å². The molecule has 0 aliphatic carbocycles. The van der Waals surface area contributed by atoms with E-state index in [0.29, 0.717) is 5.78 Å². The first-order valence-corrected chi connectivity index (χ1v) is 8.42. The van der Waals surface area contributed by atoms with E-state index in [2.05, 4.69) is 42.0 Å². The van der Waals surface area contributed by atoms with Gasteiger partial charge in [-0.15, -0.1) is 10.2 Å². The van der Waals surface area contributed by atoms with E-state index in [1.165, 1.54) is 0 Å². The van der Waals surface area contributed by atoms with E-state index in [-0.39, 0.29) is 0 Å². The maximum Gasteiger partial charge on any atom is 0.254 e. The summed E-state index contributed by atoms with van der Waals surface area (Å²) in [6, 6.07) is 0. The van der Waals surface area contributed by atoms with Gasteiger partial charge in [-0.05, 0) is 20.8 Å². The van der Waals surface area contributed by atoms with Crippen LogP contribution in [-0.4, -0.2) is 56.0 Å². The summed E-state index contributed by atoms with van der Waals surface area (Å²) < 4.78 is 1.84. The van der Waals surface area contributed by atoms with Gasteiger partial charge in [-0.2, -0.15) is 14.6 Å². The zero-order valence-corrected chi connectivity index (χ0v) is 14.2. The molecule has 3 aromatic heterocycles. The van der Waals surface area contributed by atoms with Crippen LogP contribution >= 0.6 is 11.3 Å². The second kappa shape index (κ2) is 5.41. The molecule has 23 heavy (non-hydrogen) atoms. The summed E-state index contributed by atoms with van der Waals surface area (Å²) in [5, 5.41) is 14.7. The second-order valence-electron chi connectivity index (χ2n) is 5.70. The average Bonchev–Trinajstić information content (AvgIpc) is 3.17. The first-order chi connectivity index (χ1) is 11.1. The van der Waals surface area contributed by atoms with E-state index in [4.69, 9.17) is 0 Å². The highest BCUT2D eigenvalue weighted by Crippen LogP contribution is 2.26. The Morgan fingerprint density at radius 2 is 1.74 bits per heavy atom. The molecular weight excluding hydrogens is 312 g/mol. The maximum absolute atomic E-state index is 4.49. The van der Waals surface area contributed by atoms with Gasteiger partial charge in [-0.25, -0.2) is 4.98 Å². The number of aromatic nitrogens is 6. The lowest BCUT2D eigenvalue weighted by molar-refractivity contribution is 0.633. The molecule has 0 N–H and O–H groups in total. The van der Waals surface area contributed by atoms with Crippen molar-refractivity contribution < 1.29 is 0 Å². The summed E-state index contributed by atoms with van der Waals surface area (Å²) in [4.78, 5) is 13.4. The van der Waals surface area contributed by atoms with Gasteiger partial charge in [0.25, 0.3) is 5.78 Å². The lowest BCUT2D eigenvalue weighted by Gasteiger charge is -2.36. The van der Waals surface area contributed by atoms with Crippen LogP contribution in [0.4, 0.5) is 10.9 Å². The number of aryl methyl sites for hydroxylation is 2. The minimum atomic E-state index is 0.658. The van der Waals surface area contributed by atoms with E-state index in [0.717, 1.165) is 53.4 Å². The summed E-state index contributed by atoms with van der Waals surface area (Å²) in [7, 11) is 0. The van der Waals surface area contributed by atoms with Crippen molar-refractivity contribution in [1.82, 2.24) is 29.8 Å². The summed E-state index contributed by atoms with van der Waals surface area (Å²) >= 11 is 1.65. The minimum Gasteiger partial charge on any atom is -0.353 e. The molecule has 0 spiro atoms. The lowest BCUT2D eigenvalue weighted by Crippen LogP contribution is -2.47. The molecule has 0 unspecified atom stereocenters. The van der Waals surface area contributed by atoms with Gasteiger partial charge in [0.05, 0.1) is 0 Å². The van der Waals surface area contributed by atoms with Gasteiger partial charge < -0.3 is 9.80 Å². The molecule has 9 heteroatoms. The smallest absolute Gasteiger partial charge is 0.254 e. The molecule has 4 heterocycles. The van der Waals surface area contributed by atoms with E-state index < -0.39 is 0 Å². The number of piperazine rings is 1. The van der Waals surface area contributed by atoms with E-state index in [1.807, 2.05) is 18.4 Å². The van der Waals surface area contributed by atoms with Crippen molar-refractivity contribution >= 4 is 28.1 Å². The van der Waals surface area contributed by atoms with Crippen LogP contribution in [0, 0.1) is 20.8 Å². The number of rotatable bonds is 2. The second-order valence-corrected chi connectivity index (χ2v) is 6.86. The molecule has 8 nitrogen and oxygen atoms in total. The summed E-state index contributed by atoms with van der Waals surface area (Å²) in [5.41, 5.74) is 2.16. The minimum absolute atomic E-state index is 0.658. The van der Waals surface area contributed by atoms with E-state index in [9.17, 15) is 0 Å². The van der Waals surface area contributed by atoms with Gasteiger partial charge in [0.1, 0.15) is 17.2 Å². The molecule has 1 aliphatic rings. The van der Waals surface area contributed by atoms with Crippen LogP contribution in [-0.2, 0) is 0 Å². The van der Waals surface area contributed by atoms with Crippen molar-refractivity contribution in [2.75, 3.05) is 36.0 Å². The fraction of sp³-hybridized carbons (Fsp3) is 0.500. The third-order valence-corrected chi connectivity index (χ3v) is 5.14. The van der Waals surface area contributed by atoms with Crippen molar-refractivity contribution in [2.24, 2.45) is 0 Å². The van der Waals surface area contributed by atoms with Crippen LogP contribution in [0.15, 0.2) is 6.33 Å². The molecule has 1 fully saturated rings. The first-order valence-electron chi connectivity index (χ1n) is 7.60. The van der Waals surface area contributed by atoms with Crippen LogP contribution in [0.3, 0.4) is 0 Å². The monoisotopic (exact) mass is 330 g/mol. The Morgan fingerprint density at radius 3 is 2.43 bits per heavy atom. The normalized spacial score (nSPS) is 15.6. The number of anilines is 2. The standard InChI is InChI=1S/C14H18N8S/c1-9-10(2)17-13-15-8-16-22(13)12(9)20-4-6-21(7-5-20)14-19-18-11(3)23-14/h8H,4-7H2,1-3H3. The molecule has 1 aliphatic heterocycles. The Labute approximate surface area is 137 Å². The third kappa shape index (κ3) is 2.40. The quantitative estimate of drug-likeness (QED) is 0.699. The van der Waals surface area contributed by atoms with E-state index in [1.54, 1.807) is 17.7 Å². The Balaban J connectivity index is 1.61. The van der Waals surface area contributed by atoms with Gasteiger partial charge >= 0.3 is 0 Å². The summed E-state index contributed by atoms with van der Waals surface area (Å²) in [6.45, 7) is 9.78. The molecule has 0 radical (unpaired) electrons. The largest absolute Gasteiger partial charge is 0.353 e. The van der Waals surface area contributed by atoms with Gasteiger partial charge in [-0.1, -0.05) is 11.3 Å². The lowest BCUT2D eigenvalue weighted by atomic mass is 10.2. The number of nitrogens with zero attached hydrogens (tertiary/aromatic N) is 8. The number of hydrogen-bond acceptors (Lipinski definition) is 8. The van der Waals surface area contributed by atoms with Gasteiger partial charge in [0.2, 0.25) is 5.13 Å². The van der Waals surface area contributed by atoms with Gasteiger partial charge in [0.15, 0.2) is 0 Å². The first kappa shape index (κ1) is 14.3. The van der Waals surface area contributed by atoms with Gasteiger partial charge in [-0.3, -0.25) is 0 Å². The van der Waals surface area contributed by atoms with Gasteiger partial charge in [0, 0.05) is 37.4 Å². The zero-order valence-electron chi connectivity index (χ0n) is 13.4. The summed E-state index contributed by atoms with van der Waals surface area (Å²) in [5.74, 6) is 1.75. The van der Waals surface area contributed by atoms with Crippen LogP contribution in [0.2, 0.25) is 0 Å². The highest BCUT2D eigenvalue weighted by Gasteiger charge is 2.24. The molecule has 0 saturated carbocycles. The summed E-state index contributed by atoms with van der Waals surface area (Å²) in [6.07, 6.45) is 1.56.